The maximum Gasteiger partial charge on any atom is 0.254 e. The molecule has 1 aliphatic rings. The molecule has 2 amide bonds. The van der Waals surface area contributed by atoms with Crippen molar-refractivity contribution in [3.05, 3.63) is 34.9 Å². The summed E-state index contributed by atoms with van der Waals surface area (Å²) in [5.74, 6) is -3.88. The van der Waals surface area contributed by atoms with Gasteiger partial charge in [0, 0.05) is 31.7 Å². The summed E-state index contributed by atoms with van der Waals surface area (Å²) in [6, 6.07) is 1.70. The molecule has 1 heterocycles. The highest BCUT2D eigenvalue weighted by Gasteiger charge is 2.24. The van der Waals surface area contributed by atoms with Gasteiger partial charge >= 0.3 is 0 Å². The Morgan fingerprint density at radius 1 is 1.10 bits per heavy atom. The number of rotatable bonds is 2. The summed E-state index contributed by atoms with van der Waals surface area (Å²) in [7, 11) is 1.93. The number of benzene rings is 1. The first-order valence-electron chi connectivity index (χ1n) is 6.17. The zero-order valence-corrected chi connectivity index (χ0v) is 11.0. The van der Waals surface area contributed by atoms with E-state index in [4.69, 9.17) is 5.73 Å². The molecule has 0 bridgehead atoms. The number of piperazine rings is 1. The highest BCUT2D eigenvalue weighted by molar-refractivity contribution is 5.97. The lowest BCUT2D eigenvalue weighted by Crippen LogP contribution is -2.47. The molecule has 1 aliphatic heterocycles. The summed E-state index contributed by atoms with van der Waals surface area (Å²) in [5.41, 5.74) is 3.94. The smallest absolute Gasteiger partial charge is 0.254 e. The third-order valence-corrected chi connectivity index (χ3v) is 3.33. The van der Waals surface area contributed by atoms with Gasteiger partial charge in [0.15, 0.2) is 0 Å². The standard InChI is InChI=1S/C13H15F2N3O2/c1-17-2-4-18(5-3-17)13(20)8-6-9(14)11(12(16)19)10(15)7-8/h6-7H,2-5H2,1H3,(H2,16,19). The molecule has 7 heteroatoms. The average Bonchev–Trinajstić information content (AvgIpc) is 2.37. The van der Waals surface area contributed by atoms with E-state index in [1.54, 1.807) is 0 Å². The minimum atomic E-state index is -1.20. The molecule has 0 saturated carbocycles. The van der Waals surface area contributed by atoms with Crippen LogP contribution in [0.1, 0.15) is 20.7 Å². The van der Waals surface area contributed by atoms with Gasteiger partial charge in [-0.15, -0.1) is 0 Å². The first-order chi connectivity index (χ1) is 9.40. The van der Waals surface area contributed by atoms with Crippen LogP contribution in [0.4, 0.5) is 8.78 Å². The molecule has 0 atom stereocenters. The number of nitrogens with zero attached hydrogens (tertiary/aromatic N) is 2. The van der Waals surface area contributed by atoms with E-state index in [1.807, 2.05) is 7.05 Å². The molecule has 2 rings (SSSR count). The van der Waals surface area contributed by atoms with Crippen LogP contribution < -0.4 is 5.73 Å². The molecule has 0 aromatic heterocycles. The molecule has 0 radical (unpaired) electrons. The molecular formula is C13H15F2N3O2. The van der Waals surface area contributed by atoms with Crippen molar-refractivity contribution in [3.63, 3.8) is 0 Å². The van der Waals surface area contributed by atoms with Gasteiger partial charge in [0.05, 0.1) is 0 Å². The van der Waals surface area contributed by atoms with E-state index in [1.165, 1.54) is 4.90 Å². The van der Waals surface area contributed by atoms with Crippen LogP contribution in [0.2, 0.25) is 0 Å². The Morgan fingerprint density at radius 3 is 2.05 bits per heavy atom. The maximum absolute atomic E-state index is 13.6. The summed E-state index contributed by atoms with van der Waals surface area (Å²) < 4.78 is 27.3. The molecule has 108 valence electrons. The first-order valence-corrected chi connectivity index (χ1v) is 6.17. The van der Waals surface area contributed by atoms with Crippen LogP contribution in [0.15, 0.2) is 12.1 Å². The predicted octanol–water partition coefficient (Wildman–Crippen LogP) is 0.451. The number of carbonyl (C=O) groups excluding carboxylic acids is 2. The normalized spacial score (nSPS) is 16.2. The number of primary amides is 1. The zero-order chi connectivity index (χ0) is 14.9. The molecule has 0 spiro atoms. The van der Waals surface area contributed by atoms with Crippen LogP contribution in [0.5, 0.6) is 0 Å². The van der Waals surface area contributed by atoms with E-state index >= 15 is 0 Å². The van der Waals surface area contributed by atoms with E-state index in [-0.39, 0.29) is 5.56 Å². The monoisotopic (exact) mass is 283 g/mol. The van der Waals surface area contributed by atoms with E-state index in [9.17, 15) is 18.4 Å². The Hall–Kier alpha value is -2.02. The first kappa shape index (κ1) is 14.4. The van der Waals surface area contributed by atoms with E-state index in [0.717, 1.165) is 12.1 Å². The Morgan fingerprint density at radius 2 is 1.60 bits per heavy atom. The van der Waals surface area contributed by atoms with Gasteiger partial charge in [-0.05, 0) is 19.2 Å². The van der Waals surface area contributed by atoms with Crippen molar-refractivity contribution in [3.8, 4) is 0 Å². The Bertz CT molecular complexity index is 532. The van der Waals surface area contributed by atoms with Crippen molar-refractivity contribution in [2.24, 2.45) is 5.73 Å². The predicted molar refractivity (Wildman–Crippen MR) is 68.3 cm³/mol. The van der Waals surface area contributed by atoms with Crippen LogP contribution in [0.3, 0.4) is 0 Å². The summed E-state index contributed by atoms with van der Waals surface area (Å²) in [5, 5.41) is 0. The fourth-order valence-corrected chi connectivity index (χ4v) is 2.12. The molecule has 1 aromatic carbocycles. The molecule has 1 aromatic rings. The Labute approximate surface area is 114 Å². The Kier molecular flexibility index (Phi) is 3.99. The number of hydrogen-bond donors (Lipinski definition) is 1. The lowest BCUT2D eigenvalue weighted by atomic mass is 10.1. The van der Waals surface area contributed by atoms with Crippen LogP contribution in [-0.4, -0.2) is 54.8 Å². The summed E-state index contributed by atoms with van der Waals surface area (Å²) in [6.45, 7) is 2.40. The van der Waals surface area contributed by atoms with E-state index < -0.39 is 29.0 Å². The van der Waals surface area contributed by atoms with Crippen molar-refractivity contribution in [1.29, 1.82) is 0 Å². The molecule has 2 N–H and O–H groups in total. The number of carbonyl (C=O) groups is 2. The highest BCUT2D eigenvalue weighted by atomic mass is 19.1. The van der Waals surface area contributed by atoms with Crippen molar-refractivity contribution < 1.29 is 18.4 Å². The van der Waals surface area contributed by atoms with Gasteiger partial charge in [-0.3, -0.25) is 9.59 Å². The second-order valence-corrected chi connectivity index (χ2v) is 4.77. The topological polar surface area (TPSA) is 66.6 Å². The van der Waals surface area contributed by atoms with Gasteiger partial charge in [-0.1, -0.05) is 0 Å². The van der Waals surface area contributed by atoms with Crippen molar-refractivity contribution in [2.45, 2.75) is 0 Å². The van der Waals surface area contributed by atoms with Gasteiger partial charge in [0.25, 0.3) is 11.8 Å². The van der Waals surface area contributed by atoms with Gasteiger partial charge in [0.2, 0.25) is 0 Å². The molecule has 1 fully saturated rings. The largest absolute Gasteiger partial charge is 0.365 e. The maximum atomic E-state index is 13.6. The summed E-state index contributed by atoms with van der Waals surface area (Å²) >= 11 is 0. The van der Waals surface area contributed by atoms with Crippen molar-refractivity contribution in [1.82, 2.24) is 9.80 Å². The highest BCUT2D eigenvalue weighted by Crippen LogP contribution is 2.17. The third-order valence-electron chi connectivity index (χ3n) is 3.33. The number of halogens is 2. The molecule has 0 aliphatic carbocycles. The number of likely N-dealkylation sites (N-methyl/N-ethyl adjacent to an activating group) is 1. The van der Waals surface area contributed by atoms with Gasteiger partial charge in [0.1, 0.15) is 17.2 Å². The van der Waals surface area contributed by atoms with E-state index in [0.29, 0.717) is 26.2 Å². The number of amides is 2. The van der Waals surface area contributed by atoms with Gasteiger partial charge in [-0.25, -0.2) is 8.78 Å². The second kappa shape index (κ2) is 5.54. The third kappa shape index (κ3) is 2.77. The second-order valence-electron chi connectivity index (χ2n) is 4.77. The minimum Gasteiger partial charge on any atom is -0.365 e. The SMILES string of the molecule is CN1CCN(C(=O)c2cc(F)c(C(N)=O)c(F)c2)CC1. The molecular weight excluding hydrogens is 268 g/mol. The summed E-state index contributed by atoms with van der Waals surface area (Å²) in [4.78, 5) is 26.6. The molecule has 20 heavy (non-hydrogen) atoms. The quantitative estimate of drug-likeness (QED) is 0.857. The lowest BCUT2D eigenvalue weighted by Gasteiger charge is -2.32. The van der Waals surface area contributed by atoms with Crippen molar-refractivity contribution >= 4 is 11.8 Å². The average molecular weight is 283 g/mol. The van der Waals surface area contributed by atoms with Crippen LogP contribution in [0, 0.1) is 11.6 Å². The number of nitrogens with two attached hydrogens (primary N) is 1. The van der Waals surface area contributed by atoms with Crippen LogP contribution in [0.25, 0.3) is 0 Å². The van der Waals surface area contributed by atoms with Crippen LogP contribution >= 0.6 is 0 Å². The minimum absolute atomic E-state index is 0.116. The zero-order valence-electron chi connectivity index (χ0n) is 11.0. The Balaban J connectivity index is 2.25. The molecule has 5 nitrogen and oxygen atoms in total. The van der Waals surface area contributed by atoms with E-state index in [2.05, 4.69) is 4.90 Å². The van der Waals surface area contributed by atoms with Crippen molar-refractivity contribution in [2.75, 3.05) is 33.2 Å². The fraction of sp³-hybridized carbons (Fsp3) is 0.385. The fourth-order valence-electron chi connectivity index (χ4n) is 2.12. The number of hydrogen-bond acceptors (Lipinski definition) is 3. The summed E-state index contributed by atoms with van der Waals surface area (Å²) in [6.07, 6.45) is 0. The van der Waals surface area contributed by atoms with Gasteiger partial charge in [-0.2, -0.15) is 0 Å². The molecule has 0 unspecified atom stereocenters. The van der Waals surface area contributed by atoms with Crippen LogP contribution in [-0.2, 0) is 0 Å². The van der Waals surface area contributed by atoms with Gasteiger partial charge < -0.3 is 15.5 Å². The molecule has 1 saturated heterocycles. The lowest BCUT2D eigenvalue weighted by molar-refractivity contribution is 0.0662.